The Morgan fingerprint density at radius 3 is 2.50 bits per heavy atom. The van der Waals surface area contributed by atoms with Crippen LogP contribution in [0.1, 0.15) is 58.3 Å². The highest BCUT2D eigenvalue weighted by Gasteiger charge is 2.42. The molecule has 0 aromatic carbocycles. The van der Waals surface area contributed by atoms with E-state index in [0.717, 1.165) is 38.1 Å². The van der Waals surface area contributed by atoms with Gasteiger partial charge in [0.2, 0.25) is 11.8 Å². The Labute approximate surface area is 121 Å². The summed E-state index contributed by atoms with van der Waals surface area (Å²) in [6.45, 7) is 3.11. The van der Waals surface area contributed by atoms with Crippen molar-refractivity contribution in [3.8, 4) is 0 Å². The van der Waals surface area contributed by atoms with Crippen molar-refractivity contribution in [1.82, 2.24) is 10.2 Å². The van der Waals surface area contributed by atoms with Crippen molar-refractivity contribution in [3.05, 3.63) is 0 Å². The molecule has 2 saturated carbocycles. The molecule has 3 fully saturated rings. The van der Waals surface area contributed by atoms with E-state index < -0.39 is 0 Å². The predicted octanol–water partition coefficient (Wildman–Crippen LogP) is 2.08. The second-order valence-electron chi connectivity index (χ2n) is 6.87. The summed E-state index contributed by atoms with van der Waals surface area (Å²) in [6, 6.07) is -0.0815. The molecule has 1 N–H and O–H groups in total. The lowest BCUT2D eigenvalue weighted by atomic mass is 9.94. The third-order valence-corrected chi connectivity index (χ3v) is 5.24. The van der Waals surface area contributed by atoms with Crippen molar-refractivity contribution < 1.29 is 9.59 Å². The van der Waals surface area contributed by atoms with Crippen LogP contribution in [-0.2, 0) is 9.59 Å². The maximum atomic E-state index is 12.5. The van der Waals surface area contributed by atoms with Gasteiger partial charge in [-0.15, -0.1) is 0 Å². The van der Waals surface area contributed by atoms with Crippen molar-refractivity contribution in [1.29, 1.82) is 0 Å². The second kappa shape index (κ2) is 5.84. The largest absolute Gasteiger partial charge is 0.305 e. The molecule has 2 aliphatic carbocycles. The van der Waals surface area contributed by atoms with E-state index >= 15 is 0 Å². The standard InChI is InChI=1S/C16H26N2O2/c1-11(12-7-8-12)10-17-14-9-15(19)18(16(14)20)13-5-3-2-4-6-13/h11-14,17H,2-10H2,1H3. The summed E-state index contributed by atoms with van der Waals surface area (Å²) < 4.78 is 0. The molecule has 0 aromatic rings. The summed E-state index contributed by atoms with van der Waals surface area (Å²) in [5, 5.41) is 3.34. The van der Waals surface area contributed by atoms with E-state index in [-0.39, 0.29) is 23.9 Å². The highest BCUT2D eigenvalue weighted by molar-refractivity contribution is 6.05. The number of rotatable bonds is 5. The van der Waals surface area contributed by atoms with Crippen LogP contribution >= 0.6 is 0 Å². The molecule has 0 bridgehead atoms. The lowest BCUT2D eigenvalue weighted by Gasteiger charge is -2.29. The van der Waals surface area contributed by atoms with Crippen molar-refractivity contribution >= 4 is 11.8 Å². The molecule has 0 aromatic heterocycles. The number of amides is 2. The third-order valence-electron chi connectivity index (χ3n) is 5.24. The van der Waals surface area contributed by atoms with E-state index in [9.17, 15) is 9.59 Å². The first-order chi connectivity index (χ1) is 9.66. The summed E-state index contributed by atoms with van der Waals surface area (Å²) >= 11 is 0. The number of likely N-dealkylation sites (tertiary alicyclic amines) is 1. The summed E-state index contributed by atoms with van der Waals surface area (Å²) in [4.78, 5) is 26.2. The first-order valence-electron chi connectivity index (χ1n) is 8.26. The third kappa shape index (κ3) is 2.90. The number of hydrogen-bond acceptors (Lipinski definition) is 3. The van der Waals surface area contributed by atoms with Crippen LogP contribution in [0.15, 0.2) is 0 Å². The maximum Gasteiger partial charge on any atom is 0.247 e. The minimum Gasteiger partial charge on any atom is -0.305 e. The van der Waals surface area contributed by atoms with E-state index in [4.69, 9.17) is 0 Å². The second-order valence-corrected chi connectivity index (χ2v) is 6.87. The summed E-state index contributed by atoms with van der Waals surface area (Å²) in [5.74, 6) is 1.54. The van der Waals surface area contributed by atoms with E-state index in [0.29, 0.717) is 12.3 Å². The molecule has 20 heavy (non-hydrogen) atoms. The number of carbonyl (C=O) groups is 2. The molecule has 0 spiro atoms. The minimum atomic E-state index is -0.259. The first kappa shape index (κ1) is 14.1. The van der Waals surface area contributed by atoms with Crippen LogP contribution in [0.4, 0.5) is 0 Å². The van der Waals surface area contributed by atoms with Gasteiger partial charge in [-0.2, -0.15) is 0 Å². The van der Waals surface area contributed by atoms with Crippen LogP contribution < -0.4 is 5.32 Å². The van der Waals surface area contributed by atoms with Crippen molar-refractivity contribution in [2.75, 3.05) is 6.54 Å². The molecule has 1 saturated heterocycles. The van der Waals surface area contributed by atoms with Gasteiger partial charge in [-0.3, -0.25) is 14.5 Å². The summed E-state index contributed by atoms with van der Waals surface area (Å²) in [7, 11) is 0. The molecule has 4 nitrogen and oxygen atoms in total. The summed E-state index contributed by atoms with van der Waals surface area (Å²) in [5.41, 5.74) is 0. The Bertz CT molecular complexity index is 386. The molecule has 3 rings (SSSR count). The smallest absolute Gasteiger partial charge is 0.247 e. The molecule has 2 atom stereocenters. The monoisotopic (exact) mass is 278 g/mol. The zero-order valence-corrected chi connectivity index (χ0v) is 12.4. The fourth-order valence-electron chi connectivity index (χ4n) is 3.69. The van der Waals surface area contributed by atoms with E-state index in [2.05, 4.69) is 12.2 Å². The van der Waals surface area contributed by atoms with Crippen LogP contribution in [0, 0.1) is 11.8 Å². The average molecular weight is 278 g/mol. The van der Waals surface area contributed by atoms with Gasteiger partial charge in [0.1, 0.15) is 0 Å². The van der Waals surface area contributed by atoms with Crippen molar-refractivity contribution in [3.63, 3.8) is 0 Å². The van der Waals surface area contributed by atoms with Crippen LogP contribution in [-0.4, -0.2) is 35.3 Å². The zero-order valence-electron chi connectivity index (χ0n) is 12.4. The molecular formula is C16H26N2O2. The van der Waals surface area contributed by atoms with Gasteiger partial charge in [-0.05, 0) is 44.1 Å². The van der Waals surface area contributed by atoms with E-state index in [1.165, 1.54) is 19.3 Å². The Morgan fingerprint density at radius 2 is 1.85 bits per heavy atom. The Balaban J connectivity index is 1.55. The van der Waals surface area contributed by atoms with Gasteiger partial charge >= 0.3 is 0 Å². The van der Waals surface area contributed by atoms with Gasteiger partial charge in [-0.1, -0.05) is 26.2 Å². The highest BCUT2D eigenvalue weighted by atomic mass is 16.2. The fourth-order valence-corrected chi connectivity index (χ4v) is 3.69. The predicted molar refractivity (Wildman–Crippen MR) is 77.0 cm³/mol. The number of nitrogens with one attached hydrogen (secondary N) is 1. The number of nitrogens with zero attached hydrogens (tertiary/aromatic N) is 1. The Morgan fingerprint density at radius 1 is 1.15 bits per heavy atom. The van der Waals surface area contributed by atoms with E-state index in [1.807, 2.05) is 0 Å². The number of hydrogen-bond donors (Lipinski definition) is 1. The van der Waals surface area contributed by atoms with Gasteiger partial charge < -0.3 is 5.32 Å². The fraction of sp³-hybridized carbons (Fsp3) is 0.875. The van der Waals surface area contributed by atoms with Crippen LogP contribution in [0.5, 0.6) is 0 Å². The molecule has 112 valence electrons. The van der Waals surface area contributed by atoms with Gasteiger partial charge in [0.05, 0.1) is 12.5 Å². The first-order valence-corrected chi connectivity index (χ1v) is 8.26. The normalized spacial score (nSPS) is 30.1. The molecule has 2 unspecified atom stereocenters. The lowest BCUT2D eigenvalue weighted by Crippen LogP contribution is -2.45. The lowest BCUT2D eigenvalue weighted by molar-refractivity contribution is -0.142. The van der Waals surface area contributed by atoms with Crippen LogP contribution in [0.25, 0.3) is 0 Å². The average Bonchev–Trinajstić information content (AvgIpc) is 3.25. The topological polar surface area (TPSA) is 49.4 Å². The van der Waals surface area contributed by atoms with Crippen LogP contribution in [0.3, 0.4) is 0 Å². The van der Waals surface area contributed by atoms with Gasteiger partial charge in [-0.25, -0.2) is 0 Å². The molecule has 0 radical (unpaired) electrons. The highest BCUT2D eigenvalue weighted by Crippen LogP contribution is 2.36. The maximum absolute atomic E-state index is 12.5. The Hall–Kier alpha value is -0.900. The van der Waals surface area contributed by atoms with Crippen LogP contribution in [0.2, 0.25) is 0 Å². The van der Waals surface area contributed by atoms with Crippen molar-refractivity contribution in [2.24, 2.45) is 11.8 Å². The van der Waals surface area contributed by atoms with E-state index in [1.54, 1.807) is 4.90 Å². The molecule has 2 amide bonds. The minimum absolute atomic E-state index is 0.0323. The number of imide groups is 1. The Kier molecular flexibility index (Phi) is 4.11. The molecule has 4 heteroatoms. The molecule has 1 aliphatic heterocycles. The number of carbonyl (C=O) groups excluding carboxylic acids is 2. The molecule has 1 heterocycles. The van der Waals surface area contributed by atoms with Gasteiger partial charge in [0, 0.05) is 6.04 Å². The van der Waals surface area contributed by atoms with Crippen molar-refractivity contribution in [2.45, 2.75) is 70.4 Å². The zero-order chi connectivity index (χ0) is 14.1. The SMILES string of the molecule is CC(CNC1CC(=O)N(C2CCCCC2)C1=O)C1CC1. The summed E-state index contributed by atoms with van der Waals surface area (Å²) in [6.07, 6.45) is 8.58. The quantitative estimate of drug-likeness (QED) is 0.783. The van der Waals surface area contributed by atoms with Gasteiger partial charge in [0.15, 0.2) is 0 Å². The van der Waals surface area contributed by atoms with Gasteiger partial charge in [0.25, 0.3) is 0 Å². The molecule has 3 aliphatic rings. The molecular weight excluding hydrogens is 252 g/mol.